The number of carbonyl (C=O) groups excluding carboxylic acids is 2. The van der Waals surface area contributed by atoms with Crippen LogP contribution >= 0.6 is 0 Å². The number of aromatic nitrogens is 1. The van der Waals surface area contributed by atoms with Crippen molar-refractivity contribution in [3.8, 4) is 0 Å². The zero-order valence-electron chi connectivity index (χ0n) is 19.8. The molecule has 5 rings (SSSR count). The summed E-state index contributed by atoms with van der Waals surface area (Å²) >= 11 is 0. The lowest BCUT2D eigenvalue weighted by atomic mass is 10.0. The highest BCUT2D eigenvalue weighted by Crippen LogP contribution is 2.41. The van der Waals surface area contributed by atoms with Gasteiger partial charge in [0.1, 0.15) is 11.5 Å². The molecule has 2 heterocycles. The van der Waals surface area contributed by atoms with Gasteiger partial charge in [0.05, 0.1) is 36.6 Å². The monoisotopic (exact) mass is 475 g/mol. The van der Waals surface area contributed by atoms with E-state index in [-0.39, 0.29) is 36.3 Å². The second-order valence-corrected chi connectivity index (χ2v) is 9.28. The van der Waals surface area contributed by atoms with E-state index < -0.39 is 0 Å². The van der Waals surface area contributed by atoms with Crippen LogP contribution in [0.15, 0.2) is 60.7 Å². The van der Waals surface area contributed by atoms with Gasteiger partial charge in [0.25, 0.3) is 11.8 Å². The van der Waals surface area contributed by atoms with Gasteiger partial charge in [-0.3, -0.25) is 9.59 Å². The maximum absolute atomic E-state index is 13.5. The van der Waals surface area contributed by atoms with Crippen molar-refractivity contribution in [1.82, 2.24) is 15.2 Å². The van der Waals surface area contributed by atoms with Gasteiger partial charge in [0, 0.05) is 6.54 Å². The predicted molar refractivity (Wildman–Crippen MR) is 130 cm³/mol. The van der Waals surface area contributed by atoms with Gasteiger partial charge < -0.3 is 19.9 Å². The van der Waals surface area contributed by atoms with Gasteiger partial charge in [-0.15, -0.1) is 0 Å². The maximum atomic E-state index is 13.5. The number of hydrogen-bond acceptors (Lipinski definition) is 3. The minimum atomic E-state index is -0.299. The minimum absolute atomic E-state index is 0.126. The Kier molecular flexibility index (Phi) is 6.68. The van der Waals surface area contributed by atoms with Crippen LogP contribution in [0.25, 0.3) is 0 Å². The molecule has 0 bridgehead atoms. The van der Waals surface area contributed by atoms with Crippen LogP contribution in [0.3, 0.4) is 0 Å². The quantitative estimate of drug-likeness (QED) is 0.486. The topological polar surface area (TPSA) is 72.4 Å². The maximum Gasteiger partial charge on any atom is 0.268 e. The second-order valence-electron chi connectivity index (χ2n) is 9.28. The molecule has 2 amide bonds. The molecule has 182 valence electrons. The van der Waals surface area contributed by atoms with E-state index in [0.717, 1.165) is 30.4 Å². The summed E-state index contributed by atoms with van der Waals surface area (Å²) in [6.45, 7) is 3.30. The molecular formula is C28H30FN3O3. The first kappa shape index (κ1) is 23.3. The number of carbonyl (C=O) groups is 2. The number of fused-ring (bicyclic) bond motifs is 1. The van der Waals surface area contributed by atoms with Crippen LogP contribution in [-0.2, 0) is 17.9 Å². The van der Waals surface area contributed by atoms with Crippen molar-refractivity contribution in [2.24, 2.45) is 5.92 Å². The molecule has 2 aliphatic rings. The van der Waals surface area contributed by atoms with Crippen LogP contribution in [-0.4, -0.2) is 23.0 Å². The molecule has 2 aromatic carbocycles. The highest BCUT2D eigenvalue weighted by molar-refractivity contribution is 6.01. The third kappa shape index (κ3) is 5.00. The fourth-order valence-corrected chi connectivity index (χ4v) is 4.84. The average molecular weight is 476 g/mol. The number of rotatable bonds is 8. The molecule has 35 heavy (non-hydrogen) atoms. The second kappa shape index (κ2) is 10.0. The smallest absolute Gasteiger partial charge is 0.268 e. The van der Waals surface area contributed by atoms with E-state index in [1.54, 1.807) is 18.2 Å². The molecule has 0 radical (unpaired) electrons. The van der Waals surface area contributed by atoms with Crippen molar-refractivity contribution in [2.45, 2.75) is 51.4 Å². The summed E-state index contributed by atoms with van der Waals surface area (Å²) in [5, 5.41) is 6.28. The summed E-state index contributed by atoms with van der Waals surface area (Å²) < 4.78 is 21.0. The van der Waals surface area contributed by atoms with Crippen LogP contribution in [0, 0.1) is 11.7 Å². The first-order valence-corrected chi connectivity index (χ1v) is 12.3. The Hall–Kier alpha value is -3.45. The third-order valence-corrected chi connectivity index (χ3v) is 6.91. The minimum Gasteiger partial charge on any atom is -0.373 e. The molecule has 1 aliphatic heterocycles. The zero-order valence-corrected chi connectivity index (χ0v) is 19.8. The molecule has 3 aromatic rings. The van der Waals surface area contributed by atoms with Crippen molar-refractivity contribution < 1.29 is 18.7 Å². The number of nitrogens with zero attached hydrogens (tertiary/aromatic N) is 1. The first-order chi connectivity index (χ1) is 17.0. The molecule has 1 aliphatic carbocycles. The van der Waals surface area contributed by atoms with Crippen molar-refractivity contribution in [3.63, 3.8) is 0 Å². The number of halogens is 1. The van der Waals surface area contributed by atoms with Crippen molar-refractivity contribution in [1.29, 1.82) is 0 Å². The highest BCUT2D eigenvalue weighted by Gasteiger charge is 2.35. The van der Waals surface area contributed by atoms with Gasteiger partial charge >= 0.3 is 0 Å². The number of hydrogen-bond donors (Lipinski definition) is 2. The number of nitrogens with one attached hydrogen (secondary N) is 2. The summed E-state index contributed by atoms with van der Waals surface area (Å²) in [5.74, 6) is -0.413. The Balaban J connectivity index is 1.40. The standard InChI is InChI=1S/C28H30FN3O3/c1-2-23(18-6-4-3-5-7-18)30-27(33)22-16-24(32-14-15-35-17-25(22)32)28(34)31-26(19-8-9-19)20-10-12-21(29)13-11-20/h3-7,10-13,16,19,23,26H,2,8-9,14-15,17H2,1H3,(H,30,33)(H,31,34)/t23-,26+/m1/s1. The lowest BCUT2D eigenvalue weighted by Crippen LogP contribution is -2.32. The van der Waals surface area contributed by atoms with Gasteiger partial charge in [-0.1, -0.05) is 49.4 Å². The Morgan fingerprint density at radius 2 is 1.77 bits per heavy atom. The molecule has 0 saturated heterocycles. The summed E-state index contributed by atoms with van der Waals surface area (Å²) in [4.78, 5) is 26.8. The average Bonchev–Trinajstić information content (AvgIpc) is 3.66. The molecular weight excluding hydrogens is 445 g/mol. The Morgan fingerprint density at radius 3 is 2.46 bits per heavy atom. The SMILES string of the molecule is CC[C@@H](NC(=O)c1cc(C(=O)N[C@H](c2ccc(F)cc2)C2CC2)n2c1COCC2)c1ccccc1. The van der Waals surface area contributed by atoms with E-state index in [4.69, 9.17) is 4.74 Å². The summed E-state index contributed by atoms with van der Waals surface area (Å²) in [6, 6.07) is 17.5. The Bertz CT molecular complexity index is 1200. The van der Waals surface area contributed by atoms with Crippen LogP contribution in [0.1, 0.15) is 75.9 Å². The first-order valence-electron chi connectivity index (χ1n) is 12.3. The number of amides is 2. The van der Waals surface area contributed by atoms with Gasteiger partial charge in [-0.2, -0.15) is 0 Å². The lowest BCUT2D eigenvalue weighted by Gasteiger charge is -2.22. The van der Waals surface area contributed by atoms with E-state index in [9.17, 15) is 14.0 Å². The van der Waals surface area contributed by atoms with Crippen LogP contribution in [0.4, 0.5) is 4.39 Å². The van der Waals surface area contributed by atoms with E-state index in [0.29, 0.717) is 36.0 Å². The van der Waals surface area contributed by atoms with Gasteiger partial charge in [0.15, 0.2) is 0 Å². The molecule has 1 saturated carbocycles. The Morgan fingerprint density at radius 1 is 1.03 bits per heavy atom. The molecule has 1 fully saturated rings. The largest absolute Gasteiger partial charge is 0.373 e. The molecule has 0 spiro atoms. The third-order valence-electron chi connectivity index (χ3n) is 6.91. The van der Waals surface area contributed by atoms with Crippen molar-refractivity contribution >= 4 is 11.8 Å². The summed E-state index contributed by atoms with van der Waals surface area (Å²) in [5.41, 5.74) is 3.56. The van der Waals surface area contributed by atoms with E-state index in [2.05, 4.69) is 10.6 Å². The summed E-state index contributed by atoms with van der Waals surface area (Å²) in [6.07, 6.45) is 2.79. The molecule has 1 aromatic heterocycles. The number of benzene rings is 2. The molecule has 7 heteroatoms. The van der Waals surface area contributed by atoms with Gasteiger partial charge in [0.2, 0.25) is 0 Å². The zero-order chi connectivity index (χ0) is 24.4. The molecule has 0 unspecified atom stereocenters. The van der Waals surface area contributed by atoms with E-state index in [1.165, 1.54) is 12.1 Å². The van der Waals surface area contributed by atoms with Gasteiger partial charge in [-0.05, 0) is 54.5 Å². The molecule has 6 nitrogen and oxygen atoms in total. The van der Waals surface area contributed by atoms with Gasteiger partial charge in [-0.25, -0.2) is 4.39 Å². The van der Waals surface area contributed by atoms with Crippen molar-refractivity contribution in [3.05, 3.63) is 94.6 Å². The lowest BCUT2D eigenvalue weighted by molar-refractivity contribution is 0.0772. The number of ether oxygens (including phenoxy) is 1. The molecule has 2 N–H and O–H groups in total. The highest BCUT2D eigenvalue weighted by atomic mass is 19.1. The van der Waals surface area contributed by atoms with E-state index >= 15 is 0 Å². The fraction of sp³-hybridized carbons (Fsp3) is 0.357. The fourth-order valence-electron chi connectivity index (χ4n) is 4.84. The Labute approximate surface area is 204 Å². The van der Waals surface area contributed by atoms with Crippen LogP contribution in [0.2, 0.25) is 0 Å². The van der Waals surface area contributed by atoms with E-state index in [1.807, 2.05) is 41.8 Å². The predicted octanol–water partition coefficient (Wildman–Crippen LogP) is 4.92. The summed E-state index contributed by atoms with van der Waals surface area (Å²) in [7, 11) is 0. The normalized spacial score (nSPS) is 16.7. The van der Waals surface area contributed by atoms with Crippen LogP contribution < -0.4 is 10.6 Å². The molecule has 2 atom stereocenters. The van der Waals surface area contributed by atoms with Crippen molar-refractivity contribution in [2.75, 3.05) is 6.61 Å². The van der Waals surface area contributed by atoms with Crippen LogP contribution in [0.5, 0.6) is 0 Å².